The lowest BCUT2D eigenvalue weighted by Gasteiger charge is -2.20. The van der Waals surface area contributed by atoms with Gasteiger partial charge in [-0.05, 0) is 44.9 Å². The zero-order valence-corrected chi connectivity index (χ0v) is 11.4. The summed E-state index contributed by atoms with van der Waals surface area (Å²) in [5.74, 6) is 0.349. The van der Waals surface area contributed by atoms with Crippen LogP contribution < -0.4 is 0 Å². The van der Waals surface area contributed by atoms with E-state index in [4.69, 9.17) is 0 Å². The maximum Gasteiger partial charge on any atom is 0.164 e. The largest absolute Gasteiger partial charge is 0.347 e. The molecule has 92 valence electrons. The van der Waals surface area contributed by atoms with Crippen LogP contribution in [0.4, 0.5) is 0 Å². The van der Waals surface area contributed by atoms with E-state index in [1.165, 1.54) is 24.2 Å². The van der Waals surface area contributed by atoms with Crippen molar-refractivity contribution < 1.29 is 4.79 Å². The summed E-state index contributed by atoms with van der Waals surface area (Å²) in [7, 11) is 0. The fourth-order valence-electron chi connectivity index (χ4n) is 2.86. The molecule has 0 atom stereocenters. The first kappa shape index (κ1) is 11.4. The fourth-order valence-corrected chi connectivity index (χ4v) is 3.63. The Labute approximate surface area is 107 Å². The van der Waals surface area contributed by atoms with Gasteiger partial charge in [-0.15, -0.1) is 0 Å². The quantitative estimate of drug-likeness (QED) is 0.820. The lowest BCUT2D eigenvalue weighted by Crippen LogP contribution is -2.19. The second-order valence-electron chi connectivity index (χ2n) is 5.40. The van der Waals surface area contributed by atoms with Gasteiger partial charge in [-0.25, -0.2) is 0 Å². The first-order valence-corrected chi connectivity index (χ1v) is 7.65. The Morgan fingerprint density at radius 1 is 1.41 bits per heavy atom. The SMILES string of the molecule is CSC1(Cn2c(C)cc3c2CCCC3=O)CC1. The Kier molecular flexibility index (Phi) is 2.62. The molecule has 1 aromatic heterocycles. The molecule has 0 N–H and O–H groups in total. The van der Waals surface area contributed by atoms with Crippen molar-refractivity contribution in [2.45, 2.75) is 50.3 Å². The molecule has 0 radical (unpaired) electrons. The van der Waals surface area contributed by atoms with Crippen LogP contribution in [-0.4, -0.2) is 21.4 Å². The third-order valence-corrected chi connectivity index (χ3v) is 5.62. The molecule has 0 aromatic carbocycles. The van der Waals surface area contributed by atoms with Crippen LogP contribution in [0.1, 0.15) is 47.4 Å². The third kappa shape index (κ3) is 1.85. The van der Waals surface area contributed by atoms with Crippen molar-refractivity contribution >= 4 is 17.5 Å². The van der Waals surface area contributed by atoms with Gasteiger partial charge in [0.1, 0.15) is 0 Å². The van der Waals surface area contributed by atoms with Crippen LogP contribution >= 0.6 is 11.8 Å². The Morgan fingerprint density at radius 2 is 2.18 bits per heavy atom. The molecule has 2 nitrogen and oxygen atoms in total. The van der Waals surface area contributed by atoms with Crippen molar-refractivity contribution in [3.05, 3.63) is 23.0 Å². The number of hydrogen-bond donors (Lipinski definition) is 0. The van der Waals surface area contributed by atoms with E-state index < -0.39 is 0 Å². The predicted octanol–water partition coefficient (Wildman–Crippen LogP) is 3.21. The molecule has 0 saturated heterocycles. The van der Waals surface area contributed by atoms with E-state index >= 15 is 0 Å². The summed E-state index contributed by atoms with van der Waals surface area (Å²) in [4.78, 5) is 11.9. The molecule has 0 bridgehead atoms. The van der Waals surface area contributed by atoms with Gasteiger partial charge in [0.05, 0.1) is 0 Å². The molecule has 0 unspecified atom stereocenters. The topological polar surface area (TPSA) is 22.0 Å². The van der Waals surface area contributed by atoms with Gasteiger partial charge in [-0.2, -0.15) is 11.8 Å². The van der Waals surface area contributed by atoms with Gasteiger partial charge >= 0.3 is 0 Å². The maximum atomic E-state index is 11.9. The summed E-state index contributed by atoms with van der Waals surface area (Å²) < 4.78 is 2.88. The molecule has 1 aromatic rings. The van der Waals surface area contributed by atoms with Crippen LogP contribution in [0.25, 0.3) is 0 Å². The van der Waals surface area contributed by atoms with Crippen molar-refractivity contribution in [2.24, 2.45) is 0 Å². The molecule has 3 heteroatoms. The van der Waals surface area contributed by atoms with Gasteiger partial charge in [0, 0.05) is 34.7 Å². The summed E-state index contributed by atoms with van der Waals surface area (Å²) in [6.07, 6.45) is 7.72. The number of ketones is 1. The lowest BCUT2D eigenvalue weighted by atomic mass is 9.96. The van der Waals surface area contributed by atoms with Gasteiger partial charge in [-0.1, -0.05) is 0 Å². The zero-order valence-electron chi connectivity index (χ0n) is 10.6. The molecule has 1 saturated carbocycles. The molecular weight excluding hydrogens is 230 g/mol. The highest BCUT2D eigenvalue weighted by Gasteiger charge is 2.43. The van der Waals surface area contributed by atoms with Crippen molar-refractivity contribution in [2.75, 3.05) is 6.26 Å². The summed E-state index contributed by atoms with van der Waals surface area (Å²) in [5, 5.41) is 0. The number of thioether (sulfide) groups is 1. The number of nitrogens with zero attached hydrogens (tertiary/aromatic N) is 1. The van der Waals surface area contributed by atoms with E-state index in [0.29, 0.717) is 10.5 Å². The number of rotatable bonds is 3. The lowest BCUT2D eigenvalue weighted by molar-refractivity contribution is 0.0971. The summed E-state index contributed by atoms with van der Waals surface area (Å²) in [6.45, 7) is 3.24. The number of carbonyl (C=O) groups excluding carboxylic acids is 1. The van der Waals surface area contributed by atoms with Crippen molar-refractivity contribution in [1.29, 1.82) is 0 Å². The van der Waals surface area contributed by atoms with Crippen LogP contribution in [0.3, 0.4) is 0 Å². The van der Waals surface area contributed by atoms with Gasteiger partial charge in [0.2, 0.25) is 0 Å². The van der Waals surface area contributed by atoms with E-state index in [2.05, 4.69) is 23.8 Å². The van der Waals surface area contributed by atoms with Gasteiger partial charge in [-0.3, -0.25) is 4.79 Å². The van der Waals surface area contributed by atoms with Gasteiger partial charge in [0.25, 0.3) is 0 Å². The number of Topliss-reactive ketones (excluding diaryl/α,β-unsaturated/α-hetero) is 1. The van der Waals surface area contributed by atoms with E-state index in [1.54, 1.807) is 0 Å². The highest BCUT2D eigenvalue weighted by atomic mass is 32.2. The summed E-state index contributed by atoms with van der Waals surface area (Å²) >= 11 is 1.99. The van der Waals surface area contributed by atoms with Gasteiger partial charge in [0.15, 0.2) is 5.78 Å². The normalized spacial score (nSPS) is 21.4. The standard InChI is InChI=1S/C14H19NOS/c1-10-8-11-12(4-3-5-13(11)16)15(10)9-14(17-2)6-7-14/h8H,3-7,9H2,1-2H3. The molecule has 0 aliphatic heterocycles. The first-order chi connectivity index (χ1) is 8.15. The second kappa shape index (κ2) is 3.91. The van der Waals surface area contributed by atoms with Crippen molar-refractivity contribution in [3.63, 3.8) is 0 Å². The van der Waals surface area contributed by atoms with E-state index in [-0.39, 0.29) is 0 Å². The van der Waals surface area contributed by atoms with Crippen LogP contribution in [0.2, 0.25) is 0 Å². The second-order valence-corrected chi connectivity index (χ2v) is 6.67. The minimum Gasteiger partial charge on any atom is -0.347 e. The van der Waals surface area contributed by atoms with Crippen molar-refractivity contribution in [3.8, 4) is 0 Å². The monoisotopic (exact) mass is 249 g/mol. The van der Waals surface area contributed by atoms with Gasteiger partial charge < -0.3 is 4.57 Å². The zero-order chi connectivity index (χ0) is 12.0. The number of carbonyl (C=O) groups is 1. The van der Waals surface area contributed by atoms with Crippen LogP contribution in [0, 0.1) is 6.92 Å². The molecule has 2 aliphatic rings. The Bertz CT molecular complexity index is 471. The minimum atomic E-state index is 0.349. The summed E-state index contributed by atoms with van der Waals surface area (Å²) in [5.41, 5.74) is 3.58. The van der Waals surface area contributed by atoms with E-state index in [9.17, 15) is 4.79 Å². The Hall–Kier alpha value is -0.700. The fraction of sp³-hybridized carbons (Fsp3) is 0.643. The maximum absolute atomic E-state index is 11.9. The minimum absolute atomic E-state index is 0.349. The smallest absolute Gasteiger partial charge is 0.164 e. The molecular formula is C14H19NOS. The van der Waals surface area contributed by atoms with Crippen LogP contribution in [0.5, 0.6) is 0 Å². The number of aromatic nitrogens is 1. The highest BCUT2D eigenvalue weighted by molar-refractivity contribution is 8.00. The van der Waals surface area contributed by atoms with Crippen molar-refractivity contribution in [1.82, 2.24) is 4.57 Å². The third-order valence-electron chi connectivity index (χ3n) is 4.22. The average molecular weight is 249 g/mol. The molecule has 0 amide bonds. The molecule has 2 aliphatic carbocycles. The highest BCUT2D eigenvalue weighted by Crippen LogP contribution is 2.49. The molecule has 3 rings (SSSR count). The Balaban J connectivity index is 1.96. The number of aryl methyl sites for hydroxylation is 1. The molecule has 1 heterocycles. The molecule has 0 spiro atoms. The predicted molar refractivity (Wildman–Crippen MR) is 71.9 cm³/mol. The molecule has 17 heavy (non-hydrogen) atoms. The number of hydrogen-bond acceptors (Lipinski definition) is 2. The number of fused-ring (bicyclic) bond motifs is 1. The van der Waals surface area contributed by atoms with Crippen LogP contribution in [-0.2, 0) is 13.0 Å². The average Bonchev–Trinajstić information content (AvgIpc) is 3.02. The summed E-state index contributed by atoms with van der Waals surface area (Å²) in [6, 6.07) is 2.10. The van der Waals surface area contributed by atoms with E-state index in [0.717, 1.165) is 31.4 Å². The molecule has 1 fully saturated rings. The Morgan fingerprint density at radius 3 is 2.82 bits per heavy atom. The van der Waals surface area contributed by atoms with Crippen LogP contribution in [0.15, 0.2) is 6.07 Å². The first-order valence-electron chi connectivity index (χ1n) is 6.43. The van der Waals surface area contributed by atoms with E-state index in [1.807, 2.05) is 11.8 Å².